The average Bonchev–Trinajstić information content (AvgIpc) is 2.50. The van der Waals surface area contributed by atoms with Crippen molar-refractivity contribution in [1.82, 2.24) is 4.90 Å². The molecule has 1 heterocycles. The van der Waals surface area contributed by atoms with E-state index in [2.05, 4.69) is 17.1 Å². The Balaban J connectivity index is 1.94. The molecule has 5 nitrogen and oxygen atoms in total. The molecule has 1 aromatic carbocycles. The summed E-state index contributed by atoms with van der Waals surface area (Å²) in [6.07, 6.45) is 2.26. The van der Waals surface area contributed by atoms with Crippen LogP contribution in [0.3, 0.4) is 0 Å². The number of nitrogens with one attached hydrogen (secondary N) is 1. The Morgan fingerprint density at radius 1 is 1.43 bits per heavy atom. The largest absolute Gasteiger partial charge is 0.495 e. The predicted molar refractivity (Wildman–Crippen MR) is 84.4 cm³/mol. The first-order valence-corrected chi connectivity index (χ1v) is 7.51. The number of para-hydroxylation sites is 2. The number of nitrogens with zero attached hydrogens (tertiary/aromatic N) is 1. The lowest BCUT2D eigenvalue weighted by molar-refractivity contribution is -0.118. The fourth-order valence-electron chi connectivity index (χ4n) is 2.80. The predicted octanol–water partition coefficient (Wildman–Crippen LogP) is 1.69. The van der Waals surface area contributed by atoms with Gasteiger partial charge in [-0.25, -0.2) is 0 Å². The van der Waals surface area contributed by atoms with E-state index in [0.717, 1.165) is 19.4 Å². The van der Waals surface area contributed by atoms with Crippen LogP contribution in [-0.2, 0) is 4.79 Å². The molecule has 0 saturated carbocycles. The zero-order valence-electron chi connectivity index (χ0n) is 12.8. The number of hydrogen-bond acceptors (Lipinski definition) is 4. The van der Waals surface area contributed by atoms with Crippen molar-refractivity contribution in [2.75, 3.05) is 32.1 Å². The van der Waals surface area contributed by atoms with Crippen molar-refractivity contribution in [3.05, 3.63) is 24.3 Å². The standard InChI is InChI=1S/C16H25N3O2/c1-12-7-8-13(9-17)10-19(12)11-16(20)18-14-5-3-4-6-15(14)21-2/h3-6,12-13H,7-11,17H2,1-2H3,(H,18,20). The number of hydrogen-bond donors (Lipinski definition) is 2. The second kappa shape index (κ2) is 7.43. The van der Waals surface area contributed by atoms with Gasteiger partial charge in [0.25, 0.3) is 0 Å². The van der Waals surface area contributed by atoms with Crippen molar-refractivity contribution in [3.8, 4) is 5.75 Å². The highest BCUT2D eigenvalue weighted by Gasteiger charge is 2.26. The zero-order valence-corrected chi connectivity index (χ0v) is 12.8. The zero-order chi connectivity index (χ0) is 15.2. The minimum absolute atomic E-state index is 0.0102. The van der Waals surface area contributed by atoms with E-state index >= 15 is 0 Å². The first-order valence-electron chi connectivity index (χ1n) is 7.51. The molecule has 0 aromatic heterocycles. The van der Waals surface area contributed by atoms with E-state index in [1.54, 1.807) is 7.11 Å². The molecule has 1 aromatic rings. The second-order valence-corrected chi connectivity index (χ2v) is 5.71. The number of anilines is 1. The van der Waals surface area contributed by atoms with Crippen molar-refractivity contribution < 1.29 is 9.53 Å². The third-order valence-electron chi connectivity index (χ3n) is 4.17. The lowest BCUT2D eigenvalue weighted by atomic mass is 9.93. The summed E-state index contributed by atoms with van der Waals surface area (Å²) in [6.45, 7) is 4.16. The summed E-state index contributed by atoms with van der Waals surface area (Å²) in [6, 6.07) is 7.87. The summed E-state index contributed by atoms with van der Waals surface area (Å²) in [4.78, 5) is 14.5. The van der Waals surface area contributed by atoms with Crippen LogP contribution in [0.15, 0.2) is 24.3 Å². The number of carbonyl (C=O) groups is 1. The van der Waals surface area contributed by atoms with Crippen LogP contribution in [0.2, 0.25) is 0 Å². The molecule has 0 radical (unpaired) electrons. The third-order valence-corrected chi connectivity index (χ3v) is 4.17. The number of amides is 1. The highest BCUT2D eigenvalue weighted by Crippen LogP contribution is 2.24. The van der Waals surface area contributed by atoms with Crippen molar-refractivity contribution in [1.29, 1.82) is 0 Å². The Kier molecular flexibility index (Phi) is 5.59. The van der Waals surface area contributed by atoms with E-state index in [0.29, 0.717) is 36.5 Å². The highest BCUT2D eigenvalue weighted by molar-refractivity contribution is 5.93. The molecule has 21 heavy (non-hydrogen) atoms. The van der Waals surface area contributed by atoms with Gasteiger partial charge in [0.1, 0.15) is 5.75 Å². The molecule has 0 spiro atoms. The molecule has 5 heteroatoms. The third kappa shape index (κ3) is 4.19. The van der Waals surface area contributed by atoms with Gasteiger partial charge in [0.15, 0.2) is 0 Å². The molecule has 0 bridgehead atoms. The maximum Gasteiger partial charge on any atom is 0.238 e. The number of ether oxygens (including phenoxy) is 1. The number of methoxy groups -OCH3 is 1. The van der Waals surface area contributed by atoms with E-state index < -0.39 is 0 Å². The Morgan fingerprint density at radius 2 is 2.19 bits per heavy atom. The minimum Gasteiger partial charge on any atom is -0.495 e. The van der Waals surface area contributed by atoms with Crippen molar-refractivity contribution in [3.63, 3.8) is 0 Å². The van der Waals surface area contributed by atoms with E-state index in [1.165, 1.54) is 0 Å². The molecule has 116 valence electrons. The topological polar surface area (TPSA) is 67.6 Å². The Bertz CT molecular complexity index is 478. The molecule has 2 unspecified atom stereocenters. The molecule has 1 aliphatic rings. The van der Waals surface area contributed by atoms with Crippen molar-refractivity contribution in [2.45, 2.75) is 25.8 Å². The highest BCUT2D eigenvalue weighted by atomic mass is 16.5. The maximum atomic E-state index is 12.2. The fourth-order valence-corrected chi connectivity index (χ4v) is 2.80. The summed E-state index contributed by atoms with van der Waals surface area (Å²) >= 11 is 0. The van der Waals surface area contributed by atoms with Gasteiger partial charge in [0, 0.05) is 12.6 Å². The average molecular weight is 291 g/mol. The Hall–Kier alpha value is -1.59. The molecule has 2 rings (SSSR count). The lowest BCUT2D eigenvalue weighted by Gasteiger charge is -2.37. The van der Waals surface area contributed by atoms with Crippen LogP contribution in [0, 0.1) is 5.92 Å². The van der Waals surface area contributed by atoms with Crippen LogP contribution in [0.4, 0.5) is 5.69 Å². The Morgan fingerprint density at radius 3 is 2.90 bits per heavy atom. The van der Waals surface area contributed by atoms with Crippen LogP contribution in [-0.4, -0.2) is 43.6 Å². The molecule has 0 aliphatic carbocycles. The van der Waals surface area contributed by atoms with Crippen LogP contribution < -0.4 is 15.8 Å². The van der Waals surface area contributed by atoms with Gasteiger partial charge in [-0.1, -0.05) is 12.1 Å². The van der Waals surface area contributed by atoms with Crippen LogP contribution in [0.25, 0.3) is 0 Å². The molecular weight excluding hydrogens is 266 g/mol. The number of benzene rings is 1. The summed E-state index contributed by atoms with van der Waals surface area (Å²) in [5.74, 6) is 1.17. The van der Waals surface area contributed by atoms with Crippen LogP contribution in [0.1, 0.15) is 19.8 Å². The second-order valence-electron chi connectivity index (χ2n) is 5.71. The maximum absolute atomic E-state index is 12.2. The van der Waals surface area contributed by atoms with Gasteiger partial charge >= 0.3 is 0 Å². The molecule has 1 aliphatic heterocycles. The van der Waals surface area contributed by atoms with Gasteiger partial charge in [-0.15, -0.1) is 0 Å². The van der Waals surface area contributed by atoms with Crippen molar-refractivity contribution in [2.24, 2.45) is 11.7 Å². The SMILES string of the molecule is COc1ccccc1NC(=O)CN1CC(CN)CCC1C. The monoisotopic (exact) mass is 291 g/mol. The summed E-state index contributed by atoms with van der Waals surface area (Å²) in [5, 5.41) is 2.93. The van der Waals surface area contributed by atoms with Crippen LogP contribution >= 0.6 is 0 Å². The molecular formula is C16H25N3O2. The minimum atomic E-state index is -0.0102. The fraction of sp³-hybridized carbons (Fsp3) is 0.562. The van der Waals surface area contributed by atoms with Crippen molar-refractivity contribution >= 4 is 11.6 Å². The first-order chi connectivity index (χ1) is 10.1. The van der Waals surface area contributed by atoms with E-state index in [9.17, 15) is 4.79 Å². The first kappa shape index (κ1) is 15.8. The summed E-state index contributed by atoms with van der Waals surface area (Å²) in [5.41, 5.74) is 6.47. The van der Waals surface area contributed by atoms with Gasteiger partial charge in [0.2, 0.25) is 5.91 Å². The van der Waals surface area contributed by atoms with Crippen LogP contribution in [0.5, 0.6) is 5.75 Å². The van der Waals surface area contributed by atoms with Gasteiger partial charge < -0.3 is 15.8 Å². The quantitative estimate of drug-likeness (QED) is 0.866. The molecule has 3 N–H and O–H groups in total. The van der Waals surface area contributed by atoms with Gasteiger partial charge in [0.05, 0.1) is 19.3 Å². The normalized spacial score (nSPS) is 22.8. The molecule has 1 saturated heterocycles. The van der Waals surface area contributed by atoms with Gasteiger partial charge in [-0.3, -0.25) is 9.69 Å². The van der Waals surface area contributed by atoms with E-state index in [4.69, 9.17) is 10.5 Å². The number of carbonyl (C=O) groups excluding carboxylic acids is 1. The Labute approximate surface area is 126 Å². The number of piperidine rings is 1. The smallest absolute Gasteiger partial charge is 0.238 e. The molecule has 1 amide bonds. The number of likely N-dealkylation sites (tertiary alicyclic amines) is 1. The van der Waals surface area contributed by atoms with Gasteiger partial charge in [-0.05, 0) is 44.4 Å². The summed E-state index contributed by atoms with van der Waals surface area (Å²) < 4.78 is 5.25. The van der Waals surface area contributed by atoms with Gasteiger partial charge in [-0.2, -0.15) is 0 Å². The molecule has 1 fully saturated rings. The van der Waals surface area contributed by atoms with E-state index in [1.807, 2.05) is 24.3 Å². The number of nitrogens with two attached hydrogens (primary N) is 1. The lowest BCUT2D eigenvalue weighted by Crippen LogP contribution is -2.47. The van der Waals surface area contributed by atoms with E-state index in [-0.39, 0.29) is 5.91 Å². The molecule has 2 atom stereocenters. The number of rotatable bonds is 5. The summed E-state index contributed by atoms with van der Waals surface area (Å²) in [7, 11) is 1.60.